The maximum atomic E-state index is 9.07. The van der Waals surface area contributed by atoms with E-state index in [-0.39, 0.29) is 0 Å². The molecule has 0 saturated carbocycles. The first-order valence-electron chi connectivity index (χ1n) is 24.9. The predicted octanol–water partition coefficient (Wildman–Crippen LogP) is 20.0. The molecule has 0 aromatic carbocycles. The molecule has 0 heterocycles. The van der Waals surface area contributed by atoms with Crippen molar-refractivity contribution in [3.8, 4) is 0 Å². The van der Waals surface area contributed by atoms with Gasteiger partial charge < -0.3 is 5.11 Å². The number of hydrogen-bond acceptors (Lipinski definition) is 1. The second-order valence-corrected chi connectivity index (χ2v) is 19.4. The summed E-state index contributed by atoms with van der Waals surface area (Å²) in [6.45, 7) is 29.9. The van der Waals surface area contributed by atoms with Crippen LogP contribution in [0.15, 0.2) is 128 Å². The minimum Gasteiger partial charge on any atom is -0.396 e. The van der Waals surface area contributed by atoms with Gasteiger partial charge in [0.25, 0.3) is 0 Å². The number of aliphatic hydroxyl groups is 1. The molecule has 1 atom stereocenters. The van der Waals surface area contributed by atoms with E-state index < -0.39 is 0 Å². The van der Waals surface area contributed by atoms with Gasteiger partial charge in [-0.1, -0.05) is 135 Å². The zero-order valence-electron chi connectivity index (χ0n) is 42.8. The standard InChI is InChI=1S/C60H100O/c1-49(2)25-14-26-50(3)27-15-28-51(4)29-16-30-52(5)31-17-32-53(6)33-18-34-54(7)35-19-36-55(8)37-20-38-56(9)39-21-40-57(10)41-22-42-58(11)43-23-44-59(12)45-24-46-60(13)47-48-61/h25,27,29,31,33,35,37,39,41,43,45,60-61H,14-24,26,28,30,32,34,36,38,40,42,44,46-48H2,1-13H3/b50-27+,51-29+,52-31-,53-33-,54-35-,55-37-,56-39-,57-41-,58-43-,59-45-. The maximum absolute atomic E-state index is 9.07. The van der Waals surface area contributed by atoms with E-state index in [2.05, 4.69) is 157 Å². The highest BCUT2D eigenvalue weighted by molar-refractivity contribution is 5.11. The Hall–Kier alpha value is -2.90. The van der Waals surface area contributed by atoms with E-state index in [0.29, 0.717) is 12.5 Å². The van der Waals surface area contributed by atoms with Crippen LogP contribution in [0.3, 0.4) is 0 Å². The van der Waals surface area contributed by atoms with Gasteiger partial charge in [0, 0.05) is 6.61 Å². The number of allylic oxidation sites excluding steroid dienone is 22. The Bertz CT molecular complexity index is 1510. The molecule has 0 saturated heterocycles. The van der Waals surface area contributed by atoms with Gasteiger partial charge >= 0.3 is 0 Å². The molecule has 1 heteroatoms. The first-order chi connectivity index (χ1) is 29.1. The Morgan fingerprint density at radius 1 is 0.279 bits per heavy atom. The van der Waals surface area contributed by atoms with E-state index in [1.807, 2.05) is 0 Å². The van der Waals surface area contributed by atoms with Crippen LogP contribution in [0.4, 0.5) is 0 Å². The van der Waals surface area contributed by atoms with Crippen molar-refractivity contribution in [2.24, 2.45) is 5.92 Å². The first-order valence-corrected chi connectivity index (χ1v) is 24.9. The molecule has 0 bridgehead atoms. The number of rotatable bonds is 35. The quantitative estimate of drug-likeness (QED) is 0.0631. The third-order valence-corrected chi connectivity index (χ3v) is 12.1. The SMILES string of the molecule is CC(C)=CCC/C(C)=C/CC/C(C)=C/CC/C(C)=C\CC/C(C)=C\CC/C(C)=C\CC/C(C)=C\CC/C(C)=C\CC/C(C)=C\CC/C(C)=C\CC/C(C)=C\CCC(C)CCO. The van der Waals surface area contributed by atoms with Crippen molar-refractivity contribution >= 4 is 0 Å². The second-order valence-electron chi connectivity index (χ2n) is 19.4. The Labute approximate surface area is 381 Å². The highest BCUT2D eigenvalue weighted by atomic mass is 16.3. The average molecular weight is 837 g/mol. The van der Waals surface area contributed by atoms with E-state index in [0.717, 1.165) is 70.6 Å². The Balaban J connectivity index is 4.27. The monoisotopic (exact) mass is 837 g/mol. The molecule has 0 fully saturated rings. The van der Waals surface area contributed by atoms with E-state index in [9.17, 15) is 0 Å². The highest BCUT2D eigenvalue weighted by Crippen LogP contribution is 2.19. The molecule has 0 aromatic rings. The van der Waals surface area contributed by atoms with E-state index in [1.54, 1.807) is 0 Å². The lowest BCUT2D eigenvalue weighted by molar-refractivity contribution is 0.259. The molecule has 1 nitrogen and oxygen atoms in total. The molecule has 0 aliphatic rings. The Morgan fingerprint density at radius 2 is 0.459 bits per heavy atom. The van der Waals surface area contributed by atoms with Gasteiger partial charge in [-0.25, -0.2) is 0 Å². The van der Waals surface area contributed by atoms with Gasteiger partial charge in [0.05, 0.1) is 0 Å². The number of aliphatic hydroxyl groups excluding tert-OH is 1. The van der Waals surface area contributed by atoms with Crippen molar-refractivity contribution in [1.82, 2.24) is 0 Å². The maximum Gasteiger partial charge on any atom is 0.0433 e. The van der Waals surface area contributed by atoms with Crippen LogP contribution in [0.2, 0.25) is 0 Å². The van der Waals surface area contributed by atoms with Gasteiger partial charge in [0.1, 0.15) is 0 Å². The molecule has 0 aromatic heterocycles. The van der Waals surface area contributed by atoms with Crippen molar-refractivity contribution in [3.63, 3.8) is 0 Å². The third-order valence-electron chi connectivity index (χ3n) is 12.1. The van der Waals surface area contributed by atoms with Crippen LogP contribution in [0.1, 0.15) is 238 Å². The summed E-state index contributed by atoms with van der Waals surface area (Å²) in [5.41, 5.74) is 16.7. The summed E-state index contributed by atoms with van der Waals surface area (Å²) < 4.78 is 0. The lowest BCUT2D eigenvalue weighted by Gasteiger charge is -2.07. The molecule has 0 spiro atoms. The molecule has 61 heavy (non-hydrogen) atoms. The van der Waals surface area contributed by atoms with Crippen molar-refractivity contribution < 1.29 is 5.11 Å². The molecular formula is C60H100O. The molecule has 0 aliphatic heterocycles. The Kier molecular flexibility index (Phi) is 36.9. The van der Waals surface area contributed by atoms with Gasteiger partial charge in [-0.2, -0.15) is 0 Å². The van der Waals surface area contributed by atoms with Crippen molar-refractivity contribution in [3.05, 3.63) is 128 Å². The summed E-state index contributed by atoms with van der Waals surface area (Å²) in [5.74, 6) is 0.615. The van der Waals surface area contributed by atoms with Gasteiger partial charge in [0.15, 0.2) is 0 Å². The summed E-state index contributed by atoms with van der Waals surface area (Å²) in [4.78, 5) is 0. The molecule has 0 radical (unpaired) electrons. The first kappa shape index (κ1) is 58.1. The lowest BCUT2D eigenvalue weighted by Crippen LogP contribution is -1.97. The summed E-state index contributed by atoms with van der Waals surface area (Å²) in [7, 11) is 0. The summed E-state index contributed by atoms with van der Waals surface area (Å²) in [5, 5.41) is 9.07. The molecule has 0 aliphatic carbocycles. The second kappa shape index (κ2) is 38.7. The van der Waals surface area contributed by atoms with Crippen LogP contribution in [-0.4, -0.2) is 11.7 Å². The zero-order valence-corrected chi connectivity index (χ0v) is 42.8. The van der Waals surface area contributed by atoms with Gasteiger partial charge in [0.2, 0.25) is 0 Å². The van der Waals surface area contributed by atoms with E-state index in [4.69, 9.17) is 5.11 Å². The fourth-order valence-electron chi connectivity index (χ4n) is 7.50. The molecule has 0 rings (SSSR count). The highest BCUT2D eigenvalue weighted by Gasteiger charge is 2.01. The largest absolute Gasteiger partial charge is 0.396 e. The molecule has 0 amide bonds. The van der Waals surface area contributed by atoms with Crippen LogP contribution < -0.4 is 0 Å². The third kappa shape index (κ3) is 39.7. The van der Waals surface area contributed by atoms with Gasteiger partial charge in [-0.15, -0.1) is 0 Å². The van der Waals surface area contributed by atoms with Crippen LogP contribution in [-0.2, 0) is 0 Å². The van der Waals surface area contributed by atoms with Crippen molar-refractivity contribution in [1.29, 1.82) is 0 Å². The van der Waals surface area contributed by atoms with Crippen LogP contribution in [0, 0.1) is 5.92 Å². The fourth-order valence-corrected chi connectivity index (χ4v) is 7.50. The summed E-state index contributed by atoms with van der Waals surface area (Å²) >= 11 is 0. The van der Waals surface area contributed by atoms with Crippen molar-refractivity contribution in [2.75, 3.05) is 6.61 Å². The van der Waals surface area contributed by atoms with Crippen LogP contribution in [0.25, 0.3) is 0 Å². The topological polar surface area (TPSA) is 20.2 Å². The van der Waals surface area contributed by atoms with Crippen LogP contribution in [0.5, 0.6) is 0 Å². The minimum atomic E-state index is 0.311. The molecule has 1 unspecified atom stereocenters. The lowest BCUT2D eigenvalue weighted by atomic mass is 10.0. The molecular weight excluding hydrogens is 737 g/mol. The smallest absolute Gasteiger partial charge is 0.0433 e. The normalized spacial score (nSPS) is 15.2. The van der Waals surface area contributed by atoms with Gasteiger partial charge in [-0.3, -0.25) is 0 Å². The van der Waals surface area contributed by atoms with E-state index >= 15 is 0 Å². The molecule has 346 valence electrons. The predicted molar refractivity (Wildman–Crippen MR) is 279 cm³/mol. The van der Waals surface area contributed by atoms with Gasteiger partial charge in [-0.05, 0) is 237 Å². The average Bonchev–Trinajstić information content (AvgIpc) is 3.18. The van der Waals surface area contributed by atoms with Crippen LogP contribution >= 0.6 is 0 Å². The molecule has 1 N–H and O–H groups in total. The Morgan fingerprint density at radius 3 is 0.639 bits per heavy atom. The van der Waals surface area contributed by atoms with E-state index in [1.165, 1.54) is 138 Å². The fraction of sp³-hybridized carbons (Fsp3) is 0.633. The zero-order chi connectivity index (χ0) is 45.7. The minimum absolute atomic E-state index is 0.311. The summed E-state index contributed by atoms with van der Waals surface area (Å²) in [6, 6.07) is 0. The van der Waals surface area contributed by atoms with Crippen molar-refractivity contribution in [2.45, 2.75) is 238 Å². The number of hydrogen-bond donors (Lipinski definition) is 1. The summed E-state index contributed by atoms with van der Waals surface area (Å²) in [6.07, 6.45) is 53.4.